The first-order valence-electron chi connectivity index (χ1n) is 7.58. The van der Waals surface area contributed by atoms with Gasteiger partial charge >= 0.3 is 0 Å². The smallest absolute Gasteiger partial charge is 0.263 e. The number of aromatic nitrogens is 1. The average Bonchev–Trinajstić information content (AvgIpc) is 3.03. The highest BCUT2D eigenvalue weighted by molar-refractivity contribution is 7.92. The number of nitrogens with zero attached hydrogens (tertiary/aromatic N) is 1. The summed E-state index contributed by atoms with van der Waals surface area (Å²) in [6, 6.07) is 10.6. The molecule has 3 aromatic rings. The van der Waals surface area contributed by atoms with Crippen LogP contribution in [0.2, 0.25) is 0 Å². The van der Waals surface area contributed by atoms with E-state index in [4.69, 9.17) is 9.15 Å². The number of anilines is 1. The lowest BCUT2D eigenvalue weighted by Gasteiger charge is -2.12. The summed E-state index contributed by atoms with van der Waals surface area (Å²) in [4.78, 5) is 3.93. The van der Waals surface area contributed by atoms with E-state index in [9.17, 15) is 8.42 Å². The molecule has 0 aliphatic heterocycles. The normalized spacial score (nSPS) is 11.3. The minimum atomic E-state index is -3.79. The second kappa shape index (κ2) is 6.60. The van der Waals surface area contributed by atoms with Crippen LogP contribution in [0.25, 0.3) is 11.3 Å². The molecule has 0 saturated carbocycles. The molecule has 0 spiro atoms. The van der Waals surface area contributed by atoms with Crippen LogP contribution in [-0.4, -0.2) is 20.5 Å². The molecule has 0 aliphatic rings. The molecule has 130 valence electrons. The zero-order valence-electron chi connectivity index (χ0n) is 14.1. The summed E-state index contributed by atoms with van der Waals surface area (Å²) < 4.78 is 38.5. The van der Waals surface area contributed by atoms with E-state index in [2.05, 4.69) is 9.71 Å². The standard InChI is InChI=1S/C18H18N2O4S/c1-12-4-6-14(18-7-5-13(2)24-18)8-17(12)20-25(21,22)16-9-15(23-3)10-19-11-16/h4-11,20H,1-3H3. The van der Waals surface area contributed by atoms with E-state index in [0.29, 0.717) is 17.2 Å². The number of sulfonamides is 1. The molecule has 0 atom stereocenters. The van der Waals surface area contributed by atoms with E-state index in [1.165, 1.54) is 25.6 Å². The van der Waals surface area contributed by atoms with Crippen LogP contribution in [0.5, 0.6) is 5.75 Å². The van der Waals surface area contributed by atoms with Crippen molar-refractivity contribution in [2.75, 3.05) is 11.8 Å². The molecule has 6 nitrogen and oxygen atoms in total. The van der Waals surface area contributed by atoms with Crippen molar-refractivity contribution in [3.8, 4) is 17.1 Å². The van der Waals surface area contributed by atoms with Crippen molar-refractivity contribution in [1.29, 1.82) is 0 Å². The van der Waals surface area contributed by atoms with E-state index >= 15 is 0 Å². The quantitative estimate of drug-likeness (QED) is 0.751. The van der Waals surface area contributed by atoms with Crippen molar-refractivity contribution < 1.29 is 17.6 Å². The number of hydrogen-bond acceptors (Lipinski definition) is 5. The highest BCUT2D eigenvalue weighted by Crippen LogP contribution is 2.28. The van der Waals surface area contributed by atoms with Crippen LogP contribution in [0.3, 0.4) is 0 Å². The molecular weight excluding hydrogens is 340 g/mol. The maximum Gasteiger partial charge on any atom is 0.263 e. The second-order valence-electron chi connectivity index (χ2n) is 5.61. The first-order valence-corrected chi connectivity index (χ1v) is 9.07. The molecule has 2 aromatic heterocycles. The SMILES string of the molecule is COc1cncc(S(=O)(=O)Nc2cc(-c3ccc(C)o3)ccc2C)c1. The molecule has 3 rings (SSSR count). The molecule has 0 radical (unpaired) electrons. The van der Waals surface area contributed by atoms with E-state index in [1.54, 1.807) is 6.07 Å². The van der Waals surface area contributed by atoms with Crippen molar-refractivity contribution in [1.82, 2.24) is 4.98 Å². The van der Waals surface area contributed by atoms with Crippen molar-refractivity contribution in [2.45, 2.75) is 18.7 Å². The summed E-state index contributed by atoms with van der Waals surface area (Å²) in [5, 5.41) is 0. The number of rotatable bonds is 5. The Hall–Kier alpha value is -2.80. The predicted molar refractivity (Wildman–Crippen MR) is 95.2 cm³/mol. The summed E-state index contributed by atoms with van der Waals surface area (Å²) >= 11 is 0. The summed E-state index contributed by atoms with van der Waals surface area (Å²) in [5.41, 5.74) is 2.07. The summed E-state index contributed by atoms with van der Waals surface area (Å²) in [6.07, 6.45) is 2.73. The Morgan fingerprint density at radius 3 is 2.56 bits per heavy atom. The van der Waals surface area contributed by atoms with Gasteiger partial charge in [0.1, 0.15) is 22.2 Å². The van der Waals surface area contributed by atoms with Gasteiger partial charge in [-0.05, 0) is 37.6 Å². The van der Waals surface area contributed by atoms with Crippen molar-refractivity contribution in [3.63, 3.8) is 0 Å². The zero-order chi connectivity index (χ0) is 18.0. The molecule has 1 N–H and O–H groups in total. The van der Waals surface area contributed by atoms with Gasteiger partial charge in [-0.3, -0.25) is 9.71 Å². The summed E-state index contributed by atoms with van der Waals surface area (Å²) in [7, 11) is -2.33. The van der Waals surface area contributed by atoms with Gasteiger partial charge in [0, 0.05) is 17.8 Å². The predicted octanol–water partition coefficient (Wildman–Crippen LogP) is 3.77. The van der Waals surface area contributed by atoms with E-state index in [0.717, 1.165) is 16.9 Å². The van der Waals surface area contributed by atoms with Gasteiger partial charge in [0.05, 0.1) is 19.0 Å². The van der Waals surface area contributed by atoms with Gasteiger partial charge in [-0.25, -0.2) is 8.42 Å². The minimum absolute atomic E-state index is 0.0329. The van der Waals surface area contributed by atoms with Crippen LogP contribution < -0.4 is 9.46 Å². The van der Waals surface area contributed by atoms with Crippen LogP contribution in [0.1, 0.15) is 11.3 Å². The Bertz CT molecular complexity index is 1010. The van der Waals surface area contributed by atoms with Gasteiger partial charge in [-0.15, -0.1) is 0 Å². The highest BCUT2D eigenvalue weighted by Gasteiger charge is 2.17. The van der Waals surface area contributed by atoms with Crippen LogP contribution in [0.4, 0.5) is 5.69 Å². The number of aryl methyl sites for hydroxylation is 2. The maximum atomic E-state index is 12.6. The molecule has 0 amide bonds. The summed E-state index contributed by atoms with van der Waals surface area (Å²) in [5.74, 6) is 1.85. The number of pyridine rings is 1. The molecule has 0 aliphatic carbocycles. The van der Waals surface area contributed by atoms with Gasteiger partial charge in [-0.2, -0.15) is 0 Å². The Balaban J connectivity index is 1.96. The Morgan fingerprint density at radius 1 is 1.08 bits per heavy atom. The van der Waals surface area contributed by atoms with Crippen LogP contribution in [-0.2, 0) is 10.0 Å². The first-order chi connectivity index (χ1) is 11.9. The Morgan fingerprint density at radius 2 is 1.88 bits per heavy atom. The van der Waals surface area contributed by atoms with Gasteiger partial charge in [0.15, 0.2) is 0 Å². The molecule has 0 unspecified atom stereocenters. The number of methoxy groups -OCH3 is 1. The lowest BCUT2D eigenvalue weighted by atomic mass is 10.1. The minimum Gasteiger partial charge on any atom is -0.495 e. The van der Waals surface area contributed by atoms with Gasteiger partial charge in [-0.1, -0.05) is 12.1 Å². The van der Waals surface area contributed by atoms with Gasteiger partial charge in [0.25, 0.3) is 10.0 Å². The largest absolute Gasteiger partial charge is 0.495 e. The van der Waals surface area contributed by atoms with Crippen molar-refractivity contribution in [2.24, 2.45) is 0 Å². The molecule has 25 heavy (non-hydrogen) atoms. The molecule has 1 aromatic carbocycles. The molecule has 2 heterocycles. The molecule has 0 fully saturated rings. The van der Waals surface area contributed by atoms with Gasteiger partial charge in [0.2, 0.25) is 0 Å². The fourth-order valence-corrected chi connectivity index (χ4v) is 3.43. The molecule has 7 heteroatoms. The highest BCUT2D eigenvalue weighted by atomic mass is 32.2. The fourth-order valence-electron chi connectivity index (χ4n) is 2.34. The summed E-state index contributed by atoms with van der Waals surface area (Å²) in [6.45, 7) is 3.69. The fraction of sp³-hybridized carbons (Fsp3) is 0.167. The van der Waals surface area contributed by atoms with E-state index < -0.39 is 10.0 Å². The van der Waals surface area contributed by atoms with Crippen molar-refractivity contribution >= 4 is 15.7 Å². The topological polar surface area (TPSA) is 81.4 Å². The van der Waals surface area contributed by atoms with E-state index in [-0.39, 0.29) is 4.90 Å². The van der Waals surface area contributed by atoms with Crippen LogP contribution in [0, 0.1) is 13.8 Å². The monoisotopic (exact) mass is 358 g/mol. The first kappa shape index (κ1) is 17.0. The van der Waals surface area contributed by atoms with Crippen LogP contribution >= 0.6 is 0 Å². The number of ether oxygens (including phenoxy) is 1. The zero-order valence-corrected chi connectivity index (χ0v) is 14.9. The maximum absolute atomic E-state index is 12.6. The third-order valence-corrected chi connectivity index (χ3v) is 5.07. The Kier molecular flexibility index (Phi) is 4.50. The third-order valence-electron chi connectivity index (χ3n) is 3.74. The number of hydrogen-bond donors (Lipinski definition) is 1. The van der Waals surface area contributed by atoms with Crippen molar-refractivity contribution in [3.05, 3.63) is 60.1 Å². The van der Waals surface area contributed by atoms with Crippen LogP contribution in [0.15, 0.2) is 58.1 Å². The molecular formula is C18H18N2O4S. The lowest BCUT2D eigenvalue weighted by Crippen LogP contribution is -2.14. The lowest BCUT2D eigenvalue weighted by molar-refractivity contribution is 0.411. The average molecular weight is 358 g/mol. The Labute approximate surface area is 146 Å². The second-order valence-corrected chi connectivity index (χ2v) is 7.29. The number of furan rings is 1. The number of benzene rings is 1. The third kappa shape index (κ3) is 3.66. The van der Waals surface area contributed by atoms with E-state index in [1.807, 2.05) is 38.1 Å². The number of nitrogens with one attached hydrogen (secondary N) is 1. The molecule has 0 saturated heterocycles. The molecule has 0 bridgehead atoms. The van der Waals surface area contributed by atoms with Gasteiger partial charge < -0.3 is 9.15 Å².